The molecule has 1 atom stereocenters. The average molecular weight is 608 g/mol. The number of ether oxygens (including phenoxy) is 1. The van der Waals surface area contributed by atoms with Gasteiger partial charge in [-0.1, -0.05) is 60.7 Å². The molecular weight excluding hydrogens is 579 g/mol. The summed E-state index contributed by atoms with van der Waals surface area (Å²) in [5.74, 6) is -0.367. The van der Waals surface area contributed by atoms with Crippen molar-refractivity contribution in [1.29, 1.82) is 0 Å². The van der Waals surface area contributed by atoms with Crippen LogP contribution in [0.2, 0.25) is 0 Å². The highest BCUT2D eigenvalue weighted by Gasteiger charge is 2.25. The number of benzene rings is 4. The van der Waals surface area contributed by atoms with Gasteiger partial charge in [-0.05, 0) is 79.2 Å². The van der Waals surface area contributed by atoms with E-state index >= 15 is 0 Å². The zero-order valence-electron chi connectivity index (χ0n) is 23.8. The number of aromatic nitrogens is 1. The van der Waals surface area contributed by atoms with Crippen molar-refractivity contribution in [2.24, 2.45) is 0 Å². The van der Waals surface area contributed by atoms with Crippen LogP contribution in [0, 0.1) is 13.8 Å². The van der Waals surface area contributed by atoms with Crippen molar-refractivity contribution in [1.82, 2.24) is 9.71 Å². The Morgan fingerprint density at radius 1 is 0.930 bits per heavy atom. The molecule has 3 N–H and O–H groups in total. The van der Waals surface area contributed by atoms with Gasteiger partial charge in [-0.3, -0.25) is 4.79 Å². The number of anilines is 1. The number of nitrogens with one attached hydrogen (secondary N) is 1. The Bertz CT molecular complexity index is 2120. The van der Waals surface area contributed by atoms with Crippen molar-refractivity contribution >= 4 is 53.9 Å². The molecule has 4 aromatic carbocycles. The molecule has 6 rings (SSSR count). The summed E-state index contributed by atoms with van der Waals surface area (Å²) in [6, 6.07) is 29.0. The number of aryl methyl sites for hydroxylation is 2. The van der Waals surface area contributed by atoms with Gasteiger partial charge in [0, 0.05) is 10.4 Å². The molecule has 1 amide bonds. The number of hydrogen-bond acceptors (Lipinski definition) is 7. The van der Waals surface area contributed by atoms with E-state index in [1.807, 2.05) is 75.4 Å². The van der Waals surface area contributed by atoms with E-state index in [1.165, 1.54) is 18.2 Å². The van der Waals surface area contributed by atoms with Crippen LogP contribution in [-0.2, 0) is 10.0 Å². The second kappa shape index (κ2) is 11.2. The van der Waals surface area contributed by atoms with Gasteiger partial charge in [-0.25, -0.2) is 18.1 Å². The molecule has 2 aromatic heterocycles. The summed E-state index contributed by atoms with van der Waals surface area (Å²) in [6.07, 6.45) is -0.344. The van der Waals surface area contributed by atoms with Gasteiger partial charge in [0.25, 0.3) is 15.9 Å². The van der Waals surface area contributed by atoms with Gasteiger partial charge in [0.1, 0.15) is 11.9 Å². The molecule has 1 unspecified atom stereocenters. The number of nitrogens with two attached hydrogens (primary N) is 1. The molecule has 43 heavy (non-hydrogen) atoms. The minimum Gasteiger partial charge on any atom is -0.485 e. The van der Waals surface area contributed by atoms with E-state index in [2.05, 4.69) is 10.8 Å². The Balaban J connectivity index is 1.54. The minimum atomic E-state index is -4.23. The van der Waals surface area contributed by atoms with Crippen molar-refractivity contribution in [2.45, 2.75) is 31.8 Å². The molecule has 0 saturated heterocycles. The van der Waals surface area contributed by atoms with Crippen molar-refractivity contribution in [2.75, 3.05) is 5.73 Å². The molecule has 0 bridgehead atoms. The number of carbonyl (C=O) groups is 1. The highest BCUT2D eigenvalue weighted by molar-refractivity contribution is 7.90. The lowest BCUT2D eigenvalue weighted by molar-refractivity contribution is 0.0982. The van der Waals surface area contributed by atoms with Crippen LogP contribution in [0.1, 0.15) is 40.1 Å². The largest absolute Gasteiger partial charge is 0.485 e. The fourth-order valence-electron chi connectivity index (χ4n) is 5.16. The van der Waals surface area contributed by atoms with Gasteiger partial charge in [0.15, 0.2) is 0 Å². The molecule has 0 aliphatic rings. The zero-order valence-corrected chi connectivity index (χ0v) is 25.4. The third-order valence-corrected chi connectivity index (χ3v) is 10.0. The summed E-state index contributed by atoms with van der Waals surface area (Å²) in [5.41, 5.74) is 10.2. The van der Waals surface area contributed by atoms with Gasteiger partial charge < -0.3 is 10.5 Å². The number of carbonyl (C=O) groups excluding carboxylic acids is 1. The highest BCUT2D eigenvalue weighted by Crippen LogP contribution is 2.41. The van der Waals surface area contributed by atoms with E-state index in [-0.39, 0.29) is 22.3 Å². The number of amides is 1. The number of hydrogen-bond donors (Lipinski definition) is 2. The third kappa shape index (κ3) is 5.45. The SMILES string of the molecule is Cc1c(-c2cc(C(=O)NS(=O)(=O)c3cccc(N)c3)c3c(OC(C)c4ccccc4)ccc(C)c3n2)sc2ccccc12. The van der Waals surface area contributed by atoms with Crippen LogP contribution >= 0.6 is 11.3 Å². The highest BCUT2D eigenvalue weighted by atomic mass is 32.2. The number of nitrogen functional groups attached to an aromatic ring is 1. The predicted molar refractivity (Wildman–Crippen MR) is 173 cm³/mol. The van der Waals surface area contributed by atoms with E-state index in [4.69, 9.17) is 15.5 Å². The van der Waals surface area contributed by atoms with E-state index in [1.54, 1.807) is 29.5 Å². The Labute approximate surface area is 254 Å². The summed E-state index contributed by atoms with van der Waals surface area (Å²) in [6.45, 7) is 5.86. The number of sulfonamides is 1. The van der Waals surface area contributed by atoms with Crippen LogP contribution in [0.25, 0.3) is 31.6 Å². The van der Waals surface area contributed by atoms with Crippen LogP contribution in [-0.4, -0.2) is 19.3 Å². The fraction of sp³-hybridized carbons (Fsp3) is 0.118. The average Bonchev–Trinajstić information content (AvgIpc) is 3.34. The van der Waals surface area contributed by atoms with Gasteiger partial charge in [0.05, 0.1) is 31.9 Å². The quantitative estimate of drug-likeness (QED) is 0.181. The molecule has 6 aromatic rings. The molecular formula is C34H29N3O4S2. The number of pyridine rings is 1. The van der Waals surface area contributed by atoms with Crippen molar-refractivity contribution in [3.63, 3.8) is 0 Å². The van der Waals surface area contributed by atoms with E-state index < -0.39 is 15.9 Å². The number of nitrogens with zero attached hydrogens (tertiary/aromatic N) is 1. The summed E-state index contributed by atoms with van der Waals surface area (Å²) in [5, 5.41) is 1.54. The van der Waals surface area contributed by atoms with E-state index in [9.17, 15) is 13.2 Å². The van der Waals surface area contributed by atoms with Gasteiger partial charge >= 0.3 is 0 Å². The lowest BCUT2D eigenvalue weighted by Crippen LogP contribution is -2.31. The molecule has 0 radical (unpaired) electrons. The monoisotopic (exact) mass is 607 g/mol. The van der Waals surface area contributed by atoms with Crippen molar-refractivity contribution in [3.05, 3.63) is 119 Å². The zero-order chi connectivity index (χ0) is 30.3. The van der Waals surface area contributed by atoms with E-state index in [0.717, 1.165) is 31.7 Å². The first-order valence-electron chi connectivity index (χ1n) is 13.7. The Morgan fingerprint density at radius 2 is 1.67 bits per heavy atom. The maximum Gasteiger partial charge on any atom is 0.265 e. The van der Waals surface area contributed by atoms with Crippen molar-refractivity contribution in [3.8, 4) is 16.3 Å². The molecule has 0 saturated carbocycles. The lowest BCUT2D eigenvalue weighted by Gasteiger charge is -2.19. The minimum absolute atomic E-state index is 0.106. The Hall–Kier alpha value is -4.73. The first kappa shape index (κ1) is 28.4. The molecule has 216 valence electrons. The third-order valence-electron chi connectivity index (χ3n) is 7.41. The maximum atomic E-state index is 14.0. The van der Waals surface area contributed by atoms with Crippen LogP contribution in [0.5, 0.6) is 5.75 Å². The van der Waals surface area contributed by atoms with Crippen LogP contribution in [0.4, 0.5) is 5.69 Å². The fourth-order valence-corrected chi connectivity index (χ4v) is 7.35. The van der Waals surface area contributed by atoms with Crippen molar-refractivity contribution < 1.29 is 17.9 Å². The van der Waals surface area contributed by atoms with E-state index in [0.29, 0.717) is 22.3 Å². The second-order valence-corrected chi connectivity index (χ2v) is 13.1. The molecule has 7 nitrogen and oxygen atoms in total. The molecule has 0 aliphatic carbocycles. The van der Waals surface area contributed by atoms with Crippen LogP contribution < -0.4 is 15.2 Å². The topological polar surface area (TPSA) is 111 Å². The van der Waals surface area contributed by atoms with Gasteiger partial charge in [0.2, 0.25) is 0 Å². The lowest BCUT2D eigenvalue weighted by atomic mass is 10.0. The summed E-state index contributed by atoms with van der Waals surface area (Å²) < 4.78 is 36.4. The normalized spacial score (nSPS) is 12.3. The number of thiophene rings is 1. The first-order chi connectivity index (χ1) is 20.6. The number of fused-ring (bicyclic) bond motifs is 2. The molecule has 0 fully saturated rings. The smallest absolute Gasteiger partial charge is 0.265 e. The van der Waals surface area contributed by atoms with Gasteiger partial charge in [-0.2, -0.15) is 0 Å². The molecule has 9 heteroatoms. The Kier molecular flexibility index (Phi) is 7.37. The maximum absolute atomic E-state index is 14.0. The first-order valence-corrected chi connectivity index (χ1v) is 16.0. The van der Waals surface area contributed by atoms with Crippen LogP contribution in [0.15, 0.2) is 102 Å². The summed E-state index contributed by atoms with van der Waals surface area (Å²) in [7, 11) is -4.23. The molecule has 0 aliphatic heterocycles. The molecule has 0 spiro atoms. The Morgan fingerprint density at radius 3 is 2.42 bits per heavy atom. The predicted octanol–water partition coefficient (Wildman–Crippen LogP) is 7.57. The molecule has 2 heterocycles. The van der Waals surface area contributed by atoms with Gasteiger partial charge in [-0.15, -0.1) is 11.3 Å². The van der Waals surface area contributed by atoms with Crippen LogP contribution in [0.3, 0.4) is 0 Å². The summed E-state index contributed by atoms with van der Waals surface area (Å²) in [4.78, 5) is 19.8. The standard InChI is InChI=1S/C34H29N3O4S2/c1-20-16-17-29(41-22(3)23-10-5-4-6-11-23)31-27(34(38)37-43(39,40)25-13-9-12-24(35)18-25)19-28(36-32(20)31)33-21(2)26-14-7-8-15-30(26)42-33/h4-19,22H,35H2,1-3H3,(H,37,38). The number of rotatable bonds is 7. The second-order valence-electron chi connectivity index (χ2n) is 10.4. The summed E-state index contributed by atoms with van der Waals surface area (Å²) >= 11 is 1.58.